The Morgan fingerprint density at radius 1 is 1.18 bits per heavy atom. The third-order valence-corrected chi connectivity index (χ3v) is 7.43. The molecule has 0 unspecified atom stereocenters. The van der Waals surface area contributed by atoms with E-state index in [2.05, 4.69) is 20.2 Å². The number of hydrogen-bond donors (Lipinski definition) is 1. The van der Waals surface area contributed by atoms with Crippen molar-refractivity contribution >= 4 is 39.9 Å². The summed E-state index contributed by atoms with van der Waals surface area (Å²) in [6.07, 6.45) is 5.47. The van der Waals surface area contributed by atoms with Crippen molar-refractivity contribution in [3.05, 3.63) is 71.4 Å². The number of pyridine rings is 2. The number of anilines is 1. The maximum absolute atomic E-state index is 14.4. The van der Waals surface area contributed by atoms with E-state index in [9.17, 15) is 9.18 Å². The molecular formula is C28H27ClFN7O2. The molecule has 1 aliphatic heterocycles. The van der Waals surface area contributed by atoms with Crippen molar-refractivity contribution in [1.29, 1.82) is 0 Å². The number of ether oxygens (including phenoxy) is 1. The van der Waals surface area contributed by atoms with Gasteiger partial charge < -0.3 is 14.5 Å². The van der Waals surface area contributed by atoms with Crippen LogP contribution in [-0.4, -0.2) is 67.4 Å². The fraction of sp³-hybridized carbons (Fsp3) is 0.286. The largest absolute Gasteiger partial charge is 0.492 e. The highest BCUT2D eigenvalue weighted by Gasteiger charge is 2.34. The van der Waals surface area contributed by atoms with Crippen LogP contribution in [0.4, 0.5) is 10.2 Å². The monoisotopic (exact) mass is 547 g/mol. The molecule has 4 aromatic heterocycles. The standard InChI is InChI=1S/C28H27ClFN7O2/c1-4-39-19-10-20(26-21-12-32-33-27(21)34-36(26)15-19)18-8-9-24(31-11-18)37-16(2)13-35(14-17(37)3)28(38)25-22(29)6-5-7-23(25)30/h5-12,15-17H,4,13-14H2,1-3H3,(H,33,34)/t16-,17+. The van der Waals surface area contributed by atoms with Gasteiger partial charge in [0.25, 0.3) is 5.91 Å². The van der Waals surface area contributed by atoms with Crippen LogP contribution in [0.1, 0.15) is 31.1 Å². The number of amides is 1. The van der Waals surface area contributed by atoms with E-state index in [1.165, 1.54) is 18.2 Å². The van der Waals surface area contributed by atoms with Crippen LogP contribution in [0.25, 0.3) is 27.7 Å². The third kappa shape index (κ3) is 4.34. The van der Waals surface area contributed by atoms with Crippen LogP contribution in [0, 0.1) is 5.82 Å². The molecule has 11 heteroatoms. The van der Waals surface area contributed by atoms with Gasteiger partial charge in [-0.1, -0.05) is 17.7 Å². The summed E-state index contributed by atoms with van der Waals surface area (Å²) in [6.45, 7) is 7.39. The Hall–Kier alpha value is -4.18. The predicted molar refractivity (Wildman–Crippen MR) is 148 cm³/mol. The molecule has 2 atom stereocenters. The fourth-order valence-corrected chi connectivity index (χ4v) is 5.75. The summed E-state index contributed by atoms with van der Waals surface area (Å²) in [5, 5.41) is 12.7. The molecule has 0 radical (unpaired) electrons. The Bertz CT molecular complexity index is 1650. The Morgan fingerprint density at radius 3 is 2.67 bits per heavy atom. The van der Waals surface area contributed by atoms with E-state index < -0.39 is 11.7 Å². The van der Waals surface area contributed by atoms with Gasteiger partial charge in [-0.25, -0.2) is 13.9 Å². The van der Waals surface area contributed by atoms with Crippen molar-refractivity contribution in [3.8, 4) is 16.9 Å². The Morgan fingerprint density at radius 2 is 1.97 bits per heavy atom. The number of halogens is 2. The lowest BCUT2D eigenvalue weighted by Gasteiger charge is -2.45. The van der Waals surface area contributed by atoms with E-state index in [1.54, 1.807) is 15.6 Å². The van der Waals surface area contributed by atoms with Crippen LogP contribution in [0.3, 0.4) is 0 Å². The lowest BCUT2D eigenvalue weighted by atomic mass is 10.0. The van der Waals surface area contributed by atoms with Crippen molar-refractivity contribution in [2.45, 2.75) is 32.9 Å². The molecule has 9 nitrogen and oxygen atoms in total. The number of benzene rings is 1. The normalized spacial score (nSPS) is 17.8. The van der Waals surface area contributed by atoms with Crippen molar-refractivity contribution in [3.63, 3.8) is 0 Å². The van der Waals surface area contributed by atoms with E-state index >= 15 is 0 Å². The molecule has 5 heterocycles. The zero-order chi connectivity index (χ0) is 27.3. The molecule has 0 spiro atoms. The summed E-state index contributed by atoms with van der Waals surface area (Å²) in [7, 11) is 0. The van der Waals surface area contributed by atoms with E-state index in [1.807, 2.05) is 51.4 Å². The van der Waals surface area contributed by atoms with Gasteiger partial charge in [-0.05, 0) is 51.1 Å². The van der Waals surface area contributed by atoms with Crippen LogP contribution in [0.15, 0.2) is 55.0 Å². The summed E-state index contributed by atoms with van der Waals surface area (Å²) in [4.78, 5) is 21.8. The van der Waals surface area contributed by atoms with Gasteiger partial charge >= 0.3 is 0 Å². The quantitative estimate of drug-likeness (QED) is 0.325. The maximum Gasteiger partial charge on any atom is 0.258 e. The number of aromatic amines is 1. The van der Waals surface area contributed by atoms with Crippen molar-refractivity contribution in [2.75, 3.05) is 24.6 Å². The average molecular weight is 548 g/mol. The second-order valence-electron chi connectivity index (χ2n) is 9.77. The zero-order valence-electron chi connectivity index (χ0n) is 21.7. The number of carbonyl (C=O) groups excluding carboxylic acids is 1. The van der Waals surface area contributed by atoms with E-state index in [4.69, 9.17) is 21.3 Å². The van der Waals surface area contributed by atoms with Gasteiger partial charge in [0.2, 0.25) is 0 Å². The van der Waals surface area contributed by atoms with Gasteiger partial charge in [-0.2, -0.15) is 5.10 Å². The molecule has 1 fully saturated rings. The summed E-state index contributed by atoms with van der Waals surface area (Å²) in [5.41, 5.74) is 3.37. The second-order valence-corrected chi connectivity index (χ2v) is 10.2. The van der Waals surface area contributed by atoms with Crippen molar-refractivity contribution < 1.29 is 13.9 Å². The minimum absolute atomic E-state index is 0.0463. The average Bonchev–Trinajstić information content (AvgIpc) is 3.49. The SMILES string of the molecule is CCOc1cc(-c2ccc(N3[C@H](C)CN(C(=O)c4c(F)cccc4Cl)C[C@@H]3C)nc2)c2c3cn[nH]c3nn2c1. The van der Waals surface area contributed by atoms with Crippen LogP contribution < -0.4 is 9.64 Å². The molecule has 0 saturated carbocycles. The smallest absolute Gasteiger partial charge is 0.258 e. The molecular weight excluding hydrogens is 521 g/mol. The number of piperazine rings is 1. The molecule has 200 valence electrons. The highest BCUT2D eigenvalue weighted by atomic mass is 35.5. The molecule has 1 amide bonds. The highest BCUT2D eigenvalue weighted by molar-refractivity contribution is 6.33. The first-order chi connectivity index (χ1) is 18.9. The first kappa shape index (κ1) is 25.1. The number of rotatable bonds is 5. The molecule has 1 aliphatic rings. The van der Waals surface area contributed by atoms with E-state index in [0.717, 1.165) is 27.8 Å². The topological polar surface area (TPSA) is 91.6 Å². The number of carbonyl (C=O) groups is 1. The third-order valence-electron chi connectivity index (χ3n) is 7.12. The number of nitrogens with one attached hydrogen (secondary N) is 1. The fourth-order valence-electron chi connectivity index (χ4n) is 5.50. The molecule has 1 saturated heterocycles. The van der Waals surface area contributed by atoms with Gasteiger partial charge in [-0.15, -0.1) is 5.10 Å². The predicted octanol–water partition coefficient (Wildman–Crippen LogP) is 5.20. The van der Waals surface area contributed by atoms with Crippen LogP contribution in [0.2, 0.25) is 5.02 Å². The summed E-state index contributed by atoms with van der Waals surface area (Å²) in [6, 6.07) is 10.2. The molecule has 5 aromatic rings. The van der Waals surface area contributed by atoms with E-state index in [-0.39, 0.29) is 22.7 Å². The molecule has 1 aromatic carbocycles. The lowest BCUT2D eigenvalue weighted by molar-refractivity contribution is 0.0696. The van der Waals surface area contributed by atoms with Crippen molar-refractivity contribution in [2.24, 2.45) is 0 Å². The second kappa shape index (κ2) is 9.85. The van der Waals surface area contributed by atoms with Gasteiger partial charge in [0.1, 0.15) is 17.4 Å². The summed E-state index contributed by atoms with van der Waals surface area (Å²) < 4.78 is 22.0. The van der Waals surface area contributed by atoms with Gasteiger partial charge in [-0.3, -0.25) is 9.89 Å². The van der Waals surface area contributed by atoms with Gasteiger partial charge in [0.05, 0.1) is 40.5 Å². The Kier molecular flexibility index (Phi) is 6.34. The molecule has 1 N–H and O–H groups in total. The minimum atomic E-state index is -0.610. The Balaban J connectivity index is 1.29. The first-order valence-electron chi connectivity index (χ1n) is 12.8. The number of nitrogens with zero attached hydrogens (tertiary/aromatic N) is 6. The molecule has 6 rings (SSSR count). The molecule has 39 heavy (non-hydrogen) atoms. The van der Waals surface area contributed by atoms with Crippen LogP contribution in [0.5, 0.6) is 5.75 Å². The number of hydrogen-bond acceptors (Lipinski definition) is 6. The molecule has 0 bridgehead atoms. The molecule has 0 aliphatic carbocycles. The Labute approximate surface area is 229 Å². The van der Waals surface area contributed by atoms with Gasteiger partial charge in [0, 0.05) is 42.5 Å². The minimum Gasteiger partial charge on any atom is -0.492 e. The van der Waals surface area contributed by atoms with Crippen LogP contribution in [-0.2, 0) is 0 Å². The summed E-state index contributed by atoms with van der Waals surface area (Å²) in [5.74, 6) is 0.499. The first-order valence-corrected chi connectivity index (χ1v) is 13.2. The summed E-state index contributed by atoms with van der Waals surface area (Å²) >= 11 is 6.16. The van der Waals surface area contributed by atoms with E-state index in [0.29, 0.717) is 31.1 Å². The number of fused-ring (bicyclic) bond motifs is 3. The highest BCUT2D eigenvalue weighted by Crippen LogP contribution is 2.34. The maximum atomic E-state index is 14.4. The zero-order valence-corrected chi connectivity index (χ0v) is 22.5. The van der Waals surface area contributed by atoms with Gasteiger partial charge in [0.15, 0.2) is 5.65 Å². The van der Waals surface area contributed by atoms with Crippen LogP contribution >= 0.6 is 11.6 Å². The van der Waals surface area contributed by atoms with Crippen molar-refractivity contribution in [1.82, 2.24) is 29.7 Å². The number of H-pyrrole nitrogens is 1. The lowest BCUT2D eigenvalue weighted by Crippen LogP contribution is -2.58. The number of aromatic nitrogens is 5.